The van der Waals surface area contributed by atoms with Crippen LogP contribution < -0.4 is 10.7 Å². The number of hydrogen-bond acceptors (Lipinski definition) is 3. The molecule has 0 unspecified atom stereocenters. The number of anilines is 1. The van der Waals surface area contributed by atoms with E-state index in [0.717, 1.165) is 42.5 Å². The smallest absolute Gasteiger partial charge is 0.240 e. The summed E-state index contributed by atoms with van der Waals surface area (Å²) >= 11 is 6.06. The highest BCUT2D eigenvalue weighted by Crippen LogP contribution is 2.23. The minimum absolute atomic E-state index is 0.0615. The number of carbonyl (C=O) groups is 2. The molecule has 0 saturated carbocycles. The molecule has 29 heavy (non-hydrogen) atoms. The van der Waals surface area contributed by atoms with Crippen molar-refractivity contribution in [2.45, 2.75) is 52.4 Å². The van der Waals surface area contributed by atoms with Gasteiger partial charge in [-0.3, -0.25) is 9.59 Å². The summed E-state index contributed by atoms with van der Waals surface area (Å²) in [5.74, 6) is -0.521. The Morgan fingerprint density at radius 1 is 0.931 bits per heavy atom. The van der Waals surface area contributed by atoms with Crippen molar-refractivity contribution in [2.24, 2.45) is 5.10 Å². The molecular weight excluding hydrogens is 386 g/mol. The normalized spacial score (nSPS) is 11.2. The minimum atomic E-state index is -0.285. The van der Waals surface area contributed by atoms with Crippen LogP contribution in [0.5, 0.6) is 0 Å². The zero-order chi connectivity index (χ0) is 21.1. The van der Waals surface area contributed by atoms with Gasteiger partial charge in [-0.2, -0.15) is 5.10 Å². The number of amides is 2. The van der Waals surface area contributed by atoms with Gasteiger partial charge in [0, 0.05) is 23.6 Å². The first-order valence-corrected chi connectivity index (χ1v) is 10.3. The van der Waals surface area contributed by atoms with Crippen LogP contribution in [0.25, 0.3) is 0 Å². The molecule has 154 valence electrons. The van der Waals surface area contributed by atoms with Crippen LogP contribution in [0.15, 0.2) is 53.6 Å². The van der Waals surface area contributed by atoms with Crippen LogP contribution in [-0.2, 0) is 9.59 Å². The lowest BCUT2D eigenvalue weighted by Gasteiger charge is -2.10. The van der Waals surface area contributed by atoms with Gasteiger partial charge in [0.15, 0.2) is 0 Å². The van der Waals surface area contributed by atoms with Gasteiger partial charge in [-0.15, -0.1) is 0 Å². The molecule has 2 amide bonds. The van der Waals surface area contributed by atoms with E-state index in [2.05, 4.69) is 22.8 Å². The molecule has 0 aliphatic rings. The van der Waals surface area contributed by atoms with Crippen molar-refractivity contribution in [1.82, 2.24) is 5.43 Å². The fraction of sp³-hybridized carbons (Fsp3) is 0.348. The highest BCUT2D eigenvalue weighted by atomic mass is 35.5. The third-order valence-electron chi connectivity index (χ3n) is 4.56. The maximum Gasteiger partial charge on any atom is 0.240 e. The number of halogens is 1. The first kappa shape index (κ1) is 22.6. The van der Waals surface area contributed by atoms with Crippen molar-refractivity contribution in [2.75, 3.05) is 5.32 Å². The molecule has 0 heterocycles. The number of nitrogens with zero attached hydrogens (tertiary/aromatic N) is 1. The van der Waals surface area contributed by atoms with E-state index in [9.17, 15) is 9.59 Å². The van der Waals surface area contributed by atoms with Crippen molar-refractivity contribution < 1.29 is 9.59 Å². The van der Waals surface area contributed by atoms with Gasteiger partial charge in [0.25, 0.3) is 0 Å². The Kier molecular flexibility index (Phi) is 9.38. The standard InChI is InChI=1S/C23H28ClN3O2/c1-3-4-6-13-21(18-10-7-5-8-11-18)26-27-23(29)16-15-22(28)25-20-14-9-12-19(24)17(20)2/h5,7-12,14H,3-4,6,13,15-16H2,1-2H3,(H,25,28)(H,27,29)/b26-21+. The Hall–Kier alpha value is -2.66. The molecular formula is C23H28ClN3O2. The lowest BCUT2D eigenvalue weighted by molar-refractivity contribution is -0.124. The summed E-state index contributed by atoms with van der Waals surface area (Å²) in [6.45, 7) is 3.99. The molecule has 6 heteroatoms. The third-order valence-corrected chi connectivity index (χ3v) is 4.97. The largest absolute Gasteiger partial charge is 0.326 e. The second-order valence-corrected chi connectivity index (χ2v) is 7.28. The Labute approximate surface area is 177 Å². The van der Waals surface area contributed by atoms with Crippen LogP contribution in [0.1, 0.15) is 56.6 Å². The summed E-state index contributed by atoms with van der Waals surface area (Å²) in [5, 5.41) is 7.70. The minimum Gasteiger partial charge on any atom is -0.326 e. The van der Waals surface area contributed by atoms with E-state index < -0.39 is 0 Å². The molecule has 2 aromatic rings. The number of benzene rings is 2. The van der Waals surface area contributed by atoms with Crippen LogP contribution in [0.4, 0.5) is 5.69 Å². The SMILES string of the molecule is CCCCC/C(=N\NC(=O)CCC(=O)Nc1cccc(Cl)c1C)c1ccccc1. The molecule has 2 rings (SSSR count). The maximum absolute atomic E-state index is 12.2. The maximum atomic E-state index is 12.2. The van der Waals surface area contributed by atoms with Gasteiger partial charge in [-0.05, 0) is 43.0 Å². The third kappa shape index (κ3) is 7.70. The van der Waals surface area contributed by atoms with Crippen molar-refractivity contribution in [1.29, 1.82) is 0 Å². The Balaban J connectivity index is 1.88. The predicted molar refractivity (Wildman–Crippen MR) is 119 cm³/mol. The van der Waals surface area contributed by atoms with E-state index in [1.165, 1.54) is 0 Å². The van der Waals surface area contributed by atoms with E-state index in [1.54, 1.807) is 18.2 Å². The molecule has 0 aliphatic heterocycles. The molecule has 5 nitrogen and oxygen atoms in total. The second-order valence-electron chi connectivity index (χ2n) is 6.88. The van der Waals surface area contributed by atoms with E-state index in [-0.39, 0.29) is 24.7 Å². The van der Waals surface area contributed by atoms with Gasteiger partial charge in [0.05, 0.1) is 5.71 Å². The molecule has 0 radical (unpaired) electrons. The van der Waals surface area contributed by atoms with Crippen LogP contribution in [0.2, 0.25) is 5.02 Å². The lowest BCUT2D eigenvalue weighted by Crippen LogP contribution is -2.22. The number of carbonyl (C=O) groups excluding carboxylic acids is 2. The molecule has 0 aliphatic carbocycles. The molecule has 0 aromatic heterocycles. The van der Waals surface area contributed by atoms with Crippen LogP contribution >= 0.6 is 11.6 Å². The van der Waals surface area contributed by atoms with Crippen LogP contribution in [0.3, 0.4) is 0 Å². The highest BCUT2D eigenvalue weighted by molar-refractivity contribution is 6.31. The molecule has 0 bridgehead atoms. The monoisotopic (exact) mass is 413 g/mol. The molecule has 0 atom stereocenters. The number of hydrogen-bond donors (Lipinski definition) is 2. The lowest BCUT2D eigenvalue weighted by atomic mass is 10.0. The van der Waals surface area contributed by atoms with Gasteiger partial charge >= 0.3 is 0 Å². The van der Waals surface area contributed by atoms with Gasteiger partial charge in [-0.25, -0.2) is 5.43 Å². The number of unbranched alkanes of at least 4 members (excludes halogenated alkanes) is 2. The van der Waals surface area contributed by atoms with Crippen LogP contribution in [0, 0.1) is 6.92 Å². The van der Waals surface area contributed by atoms with E-state index >= 15 is 0 Å². The van der Waals surface area contributed by atoms with Gasteiger partial charge in [0.2, 0.25) is 11.8 Å². The summed E-state index contributed by atoms with van der Waals surface area (Å²) in [6.07, 6.45) is 4.18. The first-order valence-electron chi connectivity index (χ1n) is 9.97. The van der Waals surface area contributed by atoms with Crippen molar-refractivity contribution in [3.05, 3.63) is 64.7 Å². The van der Waals surface area contributed by atoms with E-state index in [1.807, 2.05) is 37.3 Å². The quantitative estimate of drug-likeness (QED) is 0.308. The summed E-state index contributed by atoms with van der Waals surface area (Å²) in [7, 11) is 0. The summed E-state index contributed by atoms with van der Waals surface area (Å²) in [4.78, 5) is 24.3. The average Bonchev–Trinajstić information content (AvgIpc) is 2.73. The fourth-order valence-corrected chi connectivity index (χ4v) is 2.98. The molecule has 2 aromatic carbocycles. The van der Waals surface area contributed by atoms with Gasteiger partial charge in [0.1, 0.15) is 0 Å². The van der Waals surface area contributed by atoms with E-state index in [4.69, 9.17) is 11.6 Å². The summed E-state index contributed by atoms with van der Waals surface area (Å²) in [5.41, 5.74) is 5.90. The summed E-state index contributed by atoms with van der Waals surface area (Å²) in [6, 6.07) is 15.1. The predicted octanol–water partition coefficient (Wildman–Crippen LogP) is 5.47. The average molecular weight is 414 g/mol. The molecule has 0 spiro atoms. The number of rotatable bonds is 10. The molecule has 0 saturated heterocycles. The number of nitrogens with one attached hydrogen (secondary N) is 2. The zero-order valence-corrected chi connectivity index (χ0v) is 17.8. The molecule has 0 fully saturated rings. The Bertz CT molecular complexity index is 850. The molecule has 2 N–H and O–H groups in total. The van der Waals surface area contributed by atoms with Crippen molar-refractivity contribution in [3.8, 4) is 0 Å². The van der Waals surface area contributed by atoms with E-state index in [0.29, 0.717) is 10.7 Å². The summed E-state index contributed by atoms with van der Waals surface area (Å²) < 4.78 is 0. The van der Waals surface area contributed by atoms with Gasteiger partial charge in [-0.1, -0.05) is 67.8 Å². The topological polar surface area (TPSA) is 70.6 Å². The number of hydrazone groups is 1. The Morgan fingerprint density at radius 2 is 1.66 bits per heavy atom. The Morgan fingerprint density at radius 3 is 2.38 bits per heavy atom. The highest BCUT2D eigenvalue weighted by Gasteiger charge is 2.10. The zero-order valence-electron chi connectivity index (χ0n) is 17.0. The van der Waals surface area contributed by atoms with Crippen molar-refractivity contribution >= 4 is 34.8 Å². The van der Waals surface area contributed by atoms with Crippen LogP contribution in [-0.4, -0.2) is 17.5 Å². The van der Waals surface area contributed by atoms with Crippen molar-refractivity contribution in [3.63, 3.8) is 0 Å². The fourth-order valence-electron chi connectivity index (χ4n) is 2.81. The van der Waals surface area contributed by atoms with Gasteiger partial charge < -0.3 is 5.32 Å². The second kappa shape index (κ2) is 12.0. The first-order chi connectivity index (χ1) is 14.0.